The smallest absolute Gasteiger partial charge is 0.164 e. The van der Waals surface area contributed by atoms with E-state index in [2.05, 4.69) is 15.2 Å². The van der Waals surface area contributed by atoms with E-state index < -0.39 is 0 Å². The van der Waals surface area contributed by atoms with Crippen molar-refractivity contribution < 1.29 is 5.11 Å². The van der Waals surface area contributed by atoms with Gasteiger partial charge < -0.3 is 9.67 Å². The Balaban J connectivity index is 2.43. The van der Waals surface area contributed by atoms with E-state index in [0.717, 1.165) is 22.5 Å². The van der Waals surface area contributed by atoms with Gasteiger partial charge in [-0.25, -0.2) is 4.98 Å². The Morgan fingerprint density at radius 2 is 2.11 bits per heavy atom. The van der Waals surface area contributed by atoms with Gasteiger partial charge in [0, 0.05) is 23.7 Å². The number of phenolic OH excluding ortho intramolecular Hbond substituents is 1. The molecular formula is C13H12N4O. The predicted octanol–water partition coefficient (Wildman–Crippen LogP) is 2.04. The molecule has 0 spiro atoms. The summed E-state index contributed by atoms with van der Waals surface area (Å²) in [5.74, 6) is 0.940. The lowest BCUT2D eigenvalue weighted by Gasteiger charge is -2.08. The van der Waals surface area contributed by atoms with E-state index in [9.17, 15) is 5.11 Å². The third-order valence-electron chi connectivity index (χ3n) is 2.90. The van der Waals surface area contributed by atoms with E-state index in [0.29, 0.717) is 5.52 Å². The minimum Gasteiger partial charge on any atom is -0.506 e. The number of fused-ring (bicyclic) bond motifs is 1. The van der Waals surface area contributed by atoms with Crippen LogP contribution in [-0.2, 0) is 7.05 Å². The maximum absolute atomic E-state index is 9.88. The Bertz CT molecular complexity index is 733. The second kappa shape index (κ2) is 3.80. The second-order valence-corrected chi connectivity index (χ2v) is 4.25. The summed E-state index contributed by atoms with van der Waals surface area (Å²) in [6.45, 7) is 1.89. The Morgan fingerprint density at radius 1 is 1.28 bits per heavy atom. The molecule has 0 bridgehead atoms. The molecule has 1 aromatic carbocycles. The zero-order chi connectivity index (χ0) is 12.7. The largest absolute Gasteiger partial charge is 0.506 e. The first-order valence-corrected chi connectivity index (χ1v) is 5.60. The van der Waals surface area contributed by atoms with Gasteiger partial charge in [-0.1, -0.05) is 12.1 Å². The van der Waals surface area contributed by atoms with E-state index in [1.165, 1.54) is 0 Å². The predicted molar refractivity (Wildman–Crippen MR) is 68.1 cm³/mol. The Labute approximate surface area is 104 Å². The van der Waals surface area contributed by atoms with Crippen LogP contribution in [-0.4, -0.2) is 24.9 Å². The molecule has 0 saturated carbocycles. The van der Waals surface area contributed by atoms with Crippen LogP contribution < -0.4 is 0 Å². The molecule has 0 atom stereocenters. The number of aromatic hydroxyl groups is 1. The summed E-state index contributed by atoms with van der Waals surface area (Å²) in [6, 6.07) is 7.31. The van der Waals surface area contributed by atoms with E-state index in [-0.39, 0.29) is 5.75 Å². The van der Waals surface area contributed by atoms with Crippen molar-refractivity contribution in [3.8, 4) is 17.1 Å². The molecule has 2 heterocycles. The summed E-state index contributed by atoms with van der Waals surface area (Å²) in [5.41, 5.74) is 2.35. The molecule has 1 N–H and O–H groups in total. The Kier molecular flexibility index (Phi) is 2.26. The number of hydrogen-bond acceptors (Lipinski definition) is 4. The monoisotopic (exact) mass is 240 g/mol. The molecule has 3 rings (SSSR count). The maximum Gasteiger partial charge on any atom is 0.164 e. The topological polar surface area (TPSA) is 63.8 Å². The highest BCUT2D eigenvalue weighted by Crippen LogP contribution is 2.31. The summed E-state index contributed by atoms with van der Waals surface area (Å²) in [6.07, 6.45) is 1.65. The molecule has 0 aliphatic heterocycles. The summed E-state index contributed by atoms with van der Waals surface area (Å²) in [7, 11) is 1.89. The quantitative estimate of drug-likeness (QED) is 0.707. The average Bonchev–Trinajstić information content (AvgIpc) is 2.76. The molecule has 0 aliphatic rings. The average molecular weight is 240 g/mol. The van der Waals surface area contributed by atoms with Gasteiger partial charge in [-0.3, -0.25) is 0 Å². The molecule has 90 valence electrons. The van der Waals surface area contributed by atoms with Crippen molar-refractivity contribution in [1.82, 2.24) is 19.7 Å². The van der Waals surface area contributed by atoms with Gasteiger partial charge in [-0.2, -0.15) is 0 Å². The van der Waals surface area contributed by atoms with E-state index in [1.807, 2.05) is 30.7 Å². The van der Waals surface area contributed by atoms with Crippen LogP contribution in [0.2, 0.25) is 0 Å². The second-order valence-electron chi connectivity index (χ2n) is 4.25. The highest BCUT2D eigenvalue weighted by molar-refractivity contribution is 5.96. The lowest BCUT2D eigenvalue weighted by Crippen LogP contribution is -1.95. The van der Waals surface area contributed by atoms with Gasteiger partial charge >= 0.3 is 0 Å². The van der Waals surface area contributed by atoms with Gasteiger partial charge in [0.05, 0.1) is 0 Å². The molecule has 0 aliphatic carbocycles. The fourth-order valence-electron chi connectivity index (χ4n) is 2.07. The van der Waals surface area contributed by atoms with Gasteiger partial charge in [0.2, 0.25) is 0 Å². The number of pyridine rings is 1. The fraction of sp³-hybridized carbons (Fsp3) is 0.154. The standard InChI is InChI=1S/C13H12N4O/c1-8-6-10(13-16-14-7-17(13)2)9-4-3-5-11(18)12(9)15-8/h3-7,18H,1-2H3. The van der Waals surface area contributed by atoms with Gasteiger partial charge in [0.25, 0.3) is 0 Å². The lowest BCUT2D eigenvalue weighted by molar-refractivity contribution is 0.480. The molecule has 5 heteroatoms. The zero-order valence-electron chi connectivity index (χ0n) is 10.1. The summed E-state index contributed by atoms with van der Waals surface area (Å²) in [4.78, 5) is 4.37. The third-order valence-corrected chi connectivity index (χ3v) is 2.90. The zero-order valence-corrected chi connectivity index (χ0v) is 10.1. The summed E-state index contributed by atoms with van der Waals surface area (Å²) >= 11 is 0. The van der Waals surface area contributed by atoms with E-state index >= 15 is 0 Å². The summed E-state index contributed by atoms with van der Waals surface area (Å²) in [5, 5.41) is 18.8. The van der Waals surface area contributed by atoms with Gasteiger partial charge in [-0.05, 0) is 19.1 Å². The van der Waals surface area contributed by atoms with Gasteiger partial charge in [0.1, 0.15) is 17.6 Å². The van der Waals surface area contributed by atoms with Crippen LogP contribution in [0.1, 0.15) is 5.69 Å². The highest BCUT2D eigenvalue weighted by atomic mass is 16.3. The maximum atomic E-state index is 9.88. The van der Waals surface area contributed by atoms with E-state index in [1.54, 1.807) is 18.5 Å². The molecule has 2 aromatic heterocycles. The SMILES string of the molecule is Cc1cc(-c2nncn2C)c2cccc(O)c2n1. The Hall–Kier alpha value is -2.43. The van der Waals surface area contributed by atoms with Crippen LogP contribution in [0.3, 0.4) is 0 Å². The van der Waals surface area contributed by atoms with Crippen molar-refractivity contribution >= 4 is 10.9 Å². The van der Waals surface area contributed by atoms with Crippen molar-refractivity contribution in [2.45, 2.75) is 6.92 Å². The first kappa shape index (κ1) is 10.7. The molecule has 0 radical (unpaired) electrons. The number of para-hydroxylation sites is 1. The van der Waals surface area contributed by atoms with E-state index in [4.69, 9.17) is 0 Å². The van der Waals surface area contributed by atoms with Gasteiger partial charge in [-0.15, -0.1) is 10.2 Å². The third kappa shape index (κ3) is 1.52. The van der Waals surface area contributed by atoms with Crippen LogP contribution in [0, 0.1) is 6.92 Å². The van der Waals surface area contributed by atoms with Crippen molar-refractivity contribution in [2.24, 2.45) is 7.05 Å². The number of rotatable bonds is 1. The van der Waals surface area contributed by atoms with Gasteiger partial charge in [0.15, 0.2) is 5.82 Å². The molecule has 18 heavy (non-hydrogen) atoms. The molecule has 0 amide bonds. The molecule has 0 fully saturated rings. The minimum absolute atomic E-state index is 0.180. The van der Waals surface area contributed by atoms with Crippen LogP contribution in [0.5, 0.6) is 5.75 Å². The highest BCUT2D eigenvalue weighted by Gasteiger charge is 2.12. The molecule has 0 unspecified atom stereocenters. The number of benzene rings is 1. The van der Waals surface area contributed by atoms with Crippen LogP contribution >= 0.6 is 0 Å². The Morgan fingerprint density at radius 3 is 2.83 bits per heavy atom. The number of aryl methyl sites for hydroxylation is 2. The van der Waals surface area contributed by atoms with Crippen molar-refractivity contribution in [3.63, 3.8) is 0 Å². The molecular weight excluding hydrogens is 228 g/mol. The molecule has 5 nitrogen and oxygen atoms in total. The molecule has 3 aromatic rings. The number of hydrogen-bond donors (Lipinski definition) is 1. The fourth-order valence-corrected chi connectivity index (χ4v) is 2.07. The first-order chi connectivity index (χ1) is 8.66. The summed E-state index contributed by atoms with van der Waals surface area (Å²) < 4.78 is 1.85. The minimum atomic E-state index is 0.180. The van der Waals surface area contributed by atoms with Crippen LogP contribution in [0.4, 0.5) is 0 Å². The molecule has 0 saturated heterocycles. The number of nitrogens with zero attached hydrogens (tertiary/aromatic N) is 4. The normalized spacial score (nSPS) is 11.0. The number of aromatic nitrogens is 4. The van der Waals surface area contributed by atoms with Crippen molar-refractivity contribution in [3.05, 3.63) is 36.3 Å². The first-order valence-electron chi connectivity index (χ1n) is 5.60. The van der Waals surface area contributed by atoms with Crippen molar-refractivity contribution in [1.29, 1.82) is 0 Å². The number of phenols is 1. The van der Waals surface area contributed by atoms with Crippen molar-refractivity contribution in [2.75, 3.05) is 0 Å². The lowest BCUT2D eigenvalue weighted by atomic mass is 10.1. The van der Waals surface area contributed by atoms with Crippen LogP contribution in [0.25, 0.3) is 22.3 Å². The van der Waals surface area contributed by atoms with Crippen LogP contribution in [0.15, 0.2) is 30.6 Å².